The minimum absolute atomic E-state index is 0.0493. The molecule has 3 aromatic carbocycles. The molecule has 1 aliphatic heterocycles. The Kier molecular flexibility index (Phi) is 7.03. The van der Waals surface area contributed by atoms with E-state index in [0.29, 0.717) is 31.7 Å². The van der Waals surface area contributed by atoms with Gasteiger partial charge in [-0.2, -0.15) is 0 Å². The number of rotatable bonds is 7. The van der Waals surface area contributed by atoms with Gasteiger partial charge in [0.15, 0.2) is 0 Å². The molecular weight excluding hydrogens is 417 g/mol. The lowest BCUT2D eigenvalue weighted by atomic mass is 9.95. The minimum atomic E-state index is -0.302. The summed E-state index contributed by atoms with van der Waals surface area (Å²) in [6.07, 6.45) is 1.53. The zero-order valence-corrected chi connectivity index (χ0v) is 18.7. The Morgan fingerprint density at radius 3 is 2.45 bits per heavy atom. The number of benzene rings is 3. The fourth-order valence-corrected chi connectivity index (χ4v) is 4.24. The van der Waals surface area contributed by atoms with Crippen molar-refractivity contribution in [3.05, 3.63) is 95.8 Å². The molecule has 1 aliphatic rings. The standard InChI is InChI=1S/C27H28FN3O2/c1-2-25(21-9-4-3-5-10-21)26(32)29-23-12-14-24(15-13-23)31-17-7-16-30(27(31)33)19-20-8-6-11-22(28)18-20/h3-6,8-15,18,25H,2,7,16-17,19H2,1H3,(H,29,32)/t25-/m1/s1. The van der Waals surface area contributed by atoms with Crippen LogP contribution in [0, 0.1) is 5.82 Å². The molecule has 0 aliphatic carbocycles. The van der Waals surface area contributed by atoms with Gasteiger partial charge in [-0.15, -0.1) is 0 Å². The molecule has 5 nitrogen and oxygen atoms in total. The zero-order valence-electron chi connectivity index (χ0n) is 18.7. The van der Waals surface area contributed by atoms with Crippen molar-refractivity contribution in [1.82, 2.24) is 4.90 Å². The first-order valence-corrected chi connectivity index (χ1v) is 11.3. The van der Waals surface area contributed by atoms with Crippen molar-refractivity contribution < 1.29 is 14.0 Å². The Morgan fingerprint density at radius 2 is 1.76 bits per heavy atom. The number of nitrogens with zero attached hydrogens (tertiary/aromatic N) is 2. The van der Waals surface area contributed by atoms with Crippen molar-refractivity contribution in [2.75, 3.05) is 23.3 Å². The van der Waals surface area contributed by atoms with Gasteiger partial charge in [-0.3, -0.25) is 9.69 Å². The summed E-state index contributed by atoms with van der Waals surface area (Å²) in [7, 11) is 0. The summed E-state index contributed by atoms with van der Waals surface area (Å²) in [6.45, 7) is 3.63. The third-order valence-corrected chi connectivity index (χ3v) is 5.95. The summed E-state index contributed by atoms with van der Waals surface area (Å²) in [5, 5.41) is 2.99. The molecule has 0 unspecified atom stereocenters. The molecule has 1 N–H and O–H groups in total. The summed E-state index contributed by atoms with van der Waals surface area (Å²) in [5.41, 5.74) is 3.23. The Hall–Kier alpha value is -3.67. The molecule has 0 radical (unpaired) electrons. The van der Waals surface area contributed by atoms with Gasteiger partial charge in [0.1, 0.15) is 5.82 Å². The Labute approximate surface area is 193 Å². The van der Waals surface area contributed by atoms with Crippen LogP contribution < -0.4 is 10.2 Å². The number of urea groups is 1. The van der Waals surface area contributed by atoms with E-state index < -0.39 is 0 Å². The van der Waals surface area contributed by atoms with Crippen molar-refractivity contribution in [1.29, 1.82) is 0 Å². The Bertz CT molecular complexity index is 1100. The highest BCUT2D eigenvalue weighted by atomic mass is 19.1. The molecule has 3 aromatic rings. The van der Waals surface area contributed by atoms with Crippen LogP contribution >= 0.6 is 0 Å². The van der Waals surface area contributed by atoms with Crippen LogP contribution in [0.4, 0.5) is 20.6 Å². The van der Waals surface area contributed by atoms with Crippen molar-refractivity contribution in [2.24, 2.45) is 0 Å². The summed E-state index contributed by atoms with van der Waals surface area (Å²) in [6, 6.07) is 23.3. The molecule has 1 heterocycles. The second-order valence-electron chi connectivity index (χ2n) is 8.25. The number of halogens is 1. The van der Waals surface area contributed by atoms with Crippen LogP contribution in [0.5, 0.6) is 0 Å². The first-order valence-electron chi connectivity index (χ1n) is 11.3. The van der Waals surface area contributed by atoms with Crippen molar-refractivity contribution in [3.8, 4) is 0 Å². The van der Waals surface area contributed by atoms with E-state index in [1.165, 1.54) is 12.1 Å². The van der Waals surface area contributed by atoms with Gasteiger partial charge in [0.2, 0.25) is 5.91 Å². The van der Waals surface area contributed by atoms with Crippen LogP contribution in [0.2, 0.25) is 0 Å². The highest BCUT2D eigenvalue weighted by Gasteiger charge is 2.27. The third-order valence-electron chi connectivity index (χ3n) is 5.95. The number of nitrogens with one attached hydrogen (secondary N) is 1. The lowest BCUT2D eigenvalue weighted by Crippen LogP contribution is -2.49. The fourth-order valence-electron chi connectivity index (χ4n) is 4.24. The van der Waals surface area contributed by atoms with E-state index in [1.54, 1.807) is 15.9 Å². The second-order valence-corrected chi connectivity index (χ2v) is 8.25. The predicted octanol–water partition coefficient (Wildman–Crippen LogP) is 5.79. The molecule has 170 valence electrons. The number of carbonyl (C=O) groups excluding carboxylic acids is 2. The van der Waals surface area contributed by atoms with E-state index in [1.807, 2.05) is 67.6 Å². The first kappa shape index (κ1) is 22.5. The molecule has 0 bridgehead atoms. The van der Waals surface area contributed by atoms with Gasteiger partial charge >= 0.3 is 6.03 Å². The molecule has 0 spiro atoms. The average molecular weight is 446 g/mol. The van der Waals surface area contributed by atoms with Crippen LogP contribution in [0.1, 0.15) is 36.8 Å². The van der Waals surface area contributed by atoms with E-state index in [4.69, 9.17) is 0 Å². The predicted molar refractivity (Wildman–Crippen MR) is 129 cm³/mol. The van der Waals surface area contributed by atoms with Crippen LogP contribution in [0.25, 0.3) is 0 Å². The maximum Gasteiger partial charge on any atom is 0.324 e. The van der Waals surface area contributed by atoms with E-state index in [9.17, 15) is 14.0 Å². The minimum Gasteiger partial charge on any atom is -0.326 e. The molecule has 0 aromatic heterocycles. The topological polar surface area (TPSA) is 52.7 Å². The Balaban J connectivity index is 1.42. The van der Waals surface area contributed by atoms with E-state index in [0.717, 1.165) is 23.2 Å². The third kappa shape index (κ3) is 5.40. The Morgan fingerprint density at radius 1 is 1.00 bits per heavy atom. The SMILES string of the molecule is CC[C@@H](C(=O)Nc1ccc(N2CCCN(Cc3cccc(F)c3)C2=O)cc1)c1ccccc1. The first-order chi connectivity index (χ1) is 16.0. The molecule has 1 saturated heterocycles. The lowest BCUT2D eigenvalue weighted by molar-refractivity contribution is -0.117. The highest BCUT2D eigenvalue weighted by molar-refractivity contribution is 5.97. The van der Waals surface area contributed by atoms with E-state index in [-0.39, 0.29) is 23.7 Å². The summed E-state index contributed by atoms with van der Waals surface area (Å²) < 4.78 is 13.5. The smallest absolute Gasteiger partial charge is 0.324 e. The maximum atomic E-state index is 13.5. The molecule has 1 fully saturated rings. The van der Waals surface area contributed by atoms with Crippen molar-refractivity contribution >= 4 is 23.3 Å². The van der Waals surface area contributed by atoms with Crippen LogP contribution in [-0.4, -0.2) is 29.9 Å². The van der Waals surface area contributed by atoms with Crippen molar-refractivity contribution in [3.63, 3.8) is 0 Å². The second kappa shape index (κ2) is 10.3. The van der Waals surface area contributed by atoms with Crippen LogP contribution in [0.3, 0.4) is 0 Å². The van der Waals surface area contributed by atoms with E-state index in [2.05, 4.69) is 5.32 Å². The molecule has 3 amide bonds. The number of hydrogen-bond acceptors (Lipinski definition) is 2. The summed E-state index contributed by atoms with van der Waals surface area (Å²) >= 11 is 0. The average Bonchev–Trinajstić information content (AvgIpc) is 2.82. The maximum absolute atomic E-state index is 13.5. The van der Waals surface area contributed by atoms with Gasteiger partial charge in [-0.05, 0) is 60.4 Å². The van der Waals surface area contributed by atoms with Crippen LogP contribution in [-0.2, 0) is 11.3 Å². The monoisotopic (exact) mass is 445 g/mol. The molecule has 4 rings (SSSR count). The van der Waals surface area contributed by atoms with Gasteiger partial charge in [0.25, 0.3) is 0 Å². The van der Waals surface area contributed by atoms with Gasteiger partial charge in [0.05, 0.1) is 5.92 Å². The number of hydrogen-bond donors (Lipinski definition) is 1. The van der Waals surface area contributed by atoms with Gasteiger partial charge in [-0.1, -0.05) is 49.4 Å². The molecular formula is C27H28FN3O2. The summed E-state index contributed by atoms with van der Waals surface area (Å²) in [4.78, 5) is 29.3. The van der Waals surface area contributed by atoms with Crippen LogP contribution in [0.15, 0.2) is 78.9 Å². The quantitative estimate of drug-likeness (QED) is 0.500. The fraction of sp³-hybridized carbons (Fsp3) is 0.259. The molecule has 0 saturated carbocycles. The van der Waals surface area contributed by atoms with E-state index >= 15 is 0 Å². The lowest BCUT2D eigenvalue weighted by Gasteiger charge is -2.35. The molecule has 33 heavy (non-hydrogen) atoms. The van der Waals surface area contributed by atoms with Gasteiger partial charge in [0, 0.05) is 31.0 Å². The van der Waals surface area contributed by atoms with Gasteiger partial charge < -0.3 is 10.2 Å². The molecule has 1 atom stereocenters. The van der Waals surface area contributed by atoms with Crippen molar-refractivity contribution in [2.45, 2.75) is 32.2 Å². The highest BCUT2D eigenvalue weighted by Crippen LogP contribution is 2.25. The van der Waals surface area contributed by atoms with Gasteiger partial charge in [-0.25, -0.2) is 9.18 Å². The number of anilines is 2. The number of amides is 3. The molecule has 6 heteroatoms. The zero-order chi connectivity index (χ0) is 23.2. The number of carbonyl (C=O) groups is 2. The largest absolute Gasteiger partial charge is 0.326 e. The summed E-state index contributed by atoms with van der Waals surface area (Å²) in [5.74, 6) is -0.568. The normalized spacial score (nSPS) is 14.8.